The van der Waals surface area contributed by atoms with E-state index in [1.807, 2.05) is 0 Å². The van der Waals surface area contributed by atoms with Gasteiger partial charge in [-0.3, -0.25) is 23.4 Å². The highest BCUT2D eigenvalue weighted by molar-refractivity contribution is 7.47. The van der Waals surface area contributed by atoms with Gasteiger partial charge in [-0.05, 0) is 77.0 Å². The number of carbonyl (C=O) groups is 3. The van der Waals surface area contributed by atoms with Crippen LogP contribution in [-0.4, -0.2) is 59.9 Å². The molecule has 0 saturated carbocycles. The zero-order chi connectivity index (χ0) is 44.2. The molecule has 3 atom stereocenters. The van der Waals surface area contributed by atoms with Crippen LogP contribution in [0.25, 0.3) is 0 Å². The second-order valence-corrected chi connectivity index (χ2v) is 17.3. The van der Waals surface area contributed by atoms with E-state index >= 15 is 0 Å². The summed E-state index contributed by atoms with van der Waals surface area (Å²) in [6.45, 7) is 2.74. The molecule has 0 amide bonds. The Bertz CT molecular complexity index is 1200. The summed E-state index contributed by atoms with van der Waals surface area (Å²) in [4.78, 5) is 46.0. The summed E-state index contributed by atoms with van der Waals surface area (Å²) in [5, 5.41) is 8.90. The fraction of sp³-hybridized carbons (Fsp3) is 0.771. The minimum absolute atomic E-state index is 0.152. The van der Waals surface area contributed by atoms with Crippen molar-refractivity contribution in [2.75, 3.05) is 19.8 Å². The minimum atomic E-state index is -4.73. The summed E-state index contributed by atoms with van der Waals surface area (Å²) in [6, 6.07) is -1.53. The number of phosphoric ester groups is 1. The molecule has 4 N–H and O–H groups in total. The smallest absolute Gasteiger partial charge is 0.472 e. The van der Waals surface area contributed by atoms with Crippen molar-refractivity contribution >= 4 is 25.7 Å². The molecule has 0 aliphatic heterocycles. The van der Waals surface area contributed by atoms with Crippen molar-refractivity contribution in [2.45, 2.75) is 219 Å². The number of nitrogens with two attached hydrogens (primary N) is 1. The number of carboxylic acids is 1. The summed E-state index contributed by atoms with van der Waals surface area (Å²) in [6.07, 6.45) is 48.9. The molecule has 0 radical (unpaired) electrons. The molecule has 0 aliphatic rings. The standard InChI is InChI=1S/C48H86NO10P/c1-3-5-7-9-11-13-15-17-19-20-21-22-23-24-26-28-30-32-34-36-38-40-47(51)59-44(42-57-60(54,55)58-43-45(49)48(52)53)41-56-46(50)39-37-35-33-31-29-27-25-18-16-14-12-10-8-6-4-2/h12,14,17-19,25,29,31,44-45H,3-11,13,15-16,20-24,26-28,30,32-43,49H2,1-2H3,(H,52,53)(H,54,55)/b14-12-,19-17-,25-18-,31-29-/t44-,45+/m1/s1. The third-order valence-electron chi connectivity index (χ3n) is 10.0. The molecule has 0 aromatic carbocycles. The summed E-state index contributed by atoms with van der Waals surface area (Å²) in [5.41, 5.74) is 5.34. The van der Waals surface area contributed by atoms with Gasteiger partial charge in [0.25, 0.3) is 0 Å². The maximum Gasteiger partial charge on any atom is 0.472 e. The van der Waals surface area contributed by atoms with E-state index in [4.69, 9.17) is 24.8 Å². The van der Waals surface area contributed by atoms with Crippen molar-refractivity contribution in [2.24, 2.45) is 5.73 Å². The average molecular weight is 868 g/mol. The van der Waals surface area contributed by atoms with Crippen LogP contribution in [0.1, 0.15) is 206 Å². The number of esters is 2. The van der Waals surface area contributed by atoms with Crippen molar-refractivity contribution in [1.82, 2.24) is 0 Å². The van der Waals surface area contributed by atoms with Gasteiger partial charge in [0, 0.05) is 12.8 Å². The molecule has 60 heavy (non-hydrogen) atoms. The summed E-state index contributed by atoms with van der Waals surface area (Å²) >= 11 is 0. The molecule has 0 heterocycles. The lowest BCUT2D eigenvalue weighted by Crippen LogP contribution is -2.34. The molecule has 0 rings (SSSR count). The third-order valence-corrected chi connectivity index (χ3v) is 11.0. The minimum Gasteiger partial charge on any atom is -0.480 e. The number of carboxylic acid groups (broad SMARTS) is 1. The highest BCUT2D eigenvalue weighted by Gasteiger charge is 2.28. The second kappa shape index (κ2) is 43.1. The number of hydrogen-bond donors (Lipinski definition) is 3. The van der Waals surface area contributed by atoms with Crippen molar-refractivity contribution < 1.29 is 47.5 Å². The molecule has 348 valence electrons. The van der Waals surface area contributed by atoms with Crippen LogP contribution in [0.15, 0.2) is 48.6 Å². The molecule has 0 aromatic rings. The Morgan fingerprint density at radius 2 is 0.883 bits per heavy atom. The predicted octanol–water partition coefficient (Wildman–Crippen LogP) is 13.0. The highest BCUT2D eigenvalue weighted by Crippen LogP contribution is 2.43. The summed E-state index contributed by atoms with van der Waals surface area (Å²) in [5.74, 6) is -2.43. The second-order valence-electron chi connectivity index (χ2n) is 15.9. The number of ether oxygens (including phenoxy) is 2. The number of phosphoric acid groups is 1. The van der Waals surface area contributed by atoms with Crippen LogP contribution in [0.3, 0.4) is 0 Å². The van der Waals surface area contributed by atoms with Gasteiger partial charge in [0.15, 0.2) is 6.10 Å². The van der Waals surface area contributed by atoms with Gasteiger partial charge < -0.3 is 25.2 Å². The van der Waals surface area contributed by atoms with E-state index in [0.29, 0.717) is 12.8 Å². The van der Waals surface area contributed by atoms with Gasteiger partial charge in [-0.2, -0.15) is 0 Å². The summed E-state index contributed by atoms with van der Waals surface area (Å²) in [7, 11) is -4.73. The van der Waals surface area contributed by atoms with Crippen LogP contribution in [0, 0.1) is 0 Å². The molecule has 12 heteroatoms. The number of unbranched alkanes of at least 4 members (excludes halogenated alkanes) is 22. The van der Waals surface area contributed by atoms with Gasteiger partial charge in [0.1, 0.15) is 12.6 Å². The zero-order valence-electron chi connectivity index (χ0n) is 37.8. The Labute approximate surface area is 365 Å². The van der Waals surface area contributed by atoms with Gasteiger partial charge in [-0.15, -0.1) is 0 Å². The topological polar surface area (TPSA) is 172 Å². The highest BCUT2D eigenvalue weighted by atomic mass is 31.2. The monoisotopic (exact) mass is 868 g/mol. The summed E-state index contributed by atoms with van der Waals surface area (Å²) < 4.78 is 32.7. The fourth-order valence-electron chi connectivity index (χ4n) is 6.30. The van der Waals surface area contributed by atoms with Crippen LogP contribution in [0.4, 0.5) is 0 Å². The molecule has 0 bridgehead atoms. The average Bonchev–Trinajstić information content (AvgIpc) is 3.22. The Kier molecular flexibility index (Phi) is 41.3. The van der Waals surface area contributed by atoms with Gasteiger partial charge >= 0.3 is 25.7 Å². The van der Waals surface area contributed by atoms with E-state index in [2.05, 4.69) is 67.0 Å². The molecule has 1 unspecified atom stereocenters. The molecule has 0 spiro atoms. The largest absolute Gasteiger partial charge is 0.480 e. The van der Waals surface area contributed by atoms with Crippen LogP contribution in [0.2, 0.25) is 0 Å². The van der Waals surface area contributed by atoms with Gasteiger partial charge in [-0.1, -0.05) is 165 Å². The van der Waals surface area contributed by atoms with Crippen LogP contribution in [-0.2, 0) is 37.5 Å². The number of allylic oxidation sites excluding steroid dienone is 8. The Hall–Kier alpha value is -2.56. The molecule has 11 nitrogen and oxygen atoms in total. The third kappa shape index (κ3) is 42.1. The Balaban J connectivity index is 4.33. The first-order valence-corrected chi connectivity index (χ1v) is 25.2. The first-order chi connectivity index (χ1) is 29.1. The maximum absolute atomic E-state index is 12.7. The number of carbonyl (C=O) groups excluding carboxylic acids is 2. The number of hydrogen-bond acceptors (Lipinski definition) is 9. The maximum atomic E-state index is 12.7. The Morgan fingerprint density at radius 1 is 0.517 bits per heavy atom. The lowest BCUT2D eigenvalue weighted by Gasteiger charge is -2.20. The van der Waals surface area contributed by atoms with Gasteiger partial charge in [0.05, 0.1) is 13.2 Å². The zero-order valence-corrected chi connectivity index (χ0v) is 38.7. The molecule has 0 saturated heterocycles. The van der Waals surface area contributed by atoms with Crippen LogP contribution in [0.5, 0.6) is 0 Å². The van der Waals surface area contributed by atoms with E-state index in [0.717, 1.165) is 51.4 Å². The van der Waals surface area contributed by atoms with Crippen LogP contribution < -0.4 is 5.73 Å². The van der Waals surface area contributed by atoms with Crippen LogP contribution >= 0.6 is 7.82 Å². The van der Waals surface area contributed by atoms with Crippen molar-refractivity contribution in [3.05, 3.63) is 48.6 Å². The lowest BCUT2D eigenvalue weighted by atomic mass is 10.0. The molecular formula is C48H86NO10P. The van der Waals surface area contributed by atoms with E-state index in [1.165, 1.54) is 116 Å². The van der Waals surface area contributed by atoms with E-state index < -0.39 is 51.1 Å². The van der Waals surface area contributed by atoms with Gasteiger partial charge in [-0.25, -0.2) is 4.57 Å². The molecule has 0 fully saturated rings. The first-order valence-electron chi connectivity index (χ1n) is 23.7. The lowest BCUT2D eigenvalue weighted by molar-refractivity contribution is -0.161. The Morgan fingerprint density at radius 3 is 1.40 bits per heavy atom. The number of aliphatic carboxylic acids is 1. The van der Waals surface area contributed by atoms with E-state index in [-0.39, 0.29) is 19.4 Å². The first kappa shape index (κ1) is 57.4. The van der Waals surface area contributed by atoms with E-state index in [9.17, 15) is 23.8 Å². The van der Waals surface area contributed by atoms with Gasteiger partial charge in [0.2, 0.25) is 0 Å². The van der Waals surface area contributed by atoms with Crippen molar-refractivity contribution in [1.29, 1.82) is 0 Å². The predicted molar refractivity (Wildman–Crippen MR) is 245 cm³/mol. The number of rotatable bonds is 44. The molecular weight excluding hydrogens is 781 g/mol. The fourth-order valence-corrected chi connectivity index (χ4v) is 7.08. The normalized spacial score (nSPS) is 14.1. The molecule has 0 aromatic heterocycles. The van der Waals surface area contributed by atoms with E-state index in [1.54, 1.807) is 0 Å². The van der Waals surface area contributed by atoms with Crippen molar-refractivity contribution in [3.8, 4) is 0 Å². The quantitative estimate of drug-likeness (QED) is 0.0230. The molecule has 0 aliphatic carbocycles. The SMILES string of the molecule is CCCCC/C=C\C/C=C\C/C=C\CCCCC(=O)OC[C@H](COP(=O)(O)OC[C@H](N)C(=O)O)OC(=O)CCCCCCCCCCCCC/C=C\CCCCCCCC. The van der Waals surface area contributed by atoms with Crippen molar-refractivity contribution in [3.63, 3.8) is 0 Å².